The van der Waals surface area contributed by atoms with E-state index in [4.69, 9.17) is 16.6 Å². The van der Waals surface area contributed by atoms with E-state index in [1.54, 1.807) is 17.0 Å². The van der Waals surface area contributed by atoms with Crippen LogP contribution in [0.1, 0.15) is 24.4 Å². The molecule has 0 aliphatic carbocycles. The van der Waals surface area contributed by atoms with E-state index in [2.05, 4.69) is 0 Å². The van der Waals surface area contributed by atoms with Gasteiger partial charge in [-0.15, -0.1) is 0 Å². The largest absolute Gasteiger partial charge is 0.480 e. The Hall–Kier alpha value is -1.38. The van der Waals surface area contributed by atoms with Gasteiger partial charge in [0.2, 0.25) is 0 Å². The van der Waals surface area contributed by atoms with Gasteiger partial charge in [-0.2, -0.15) is 0 Å². The molecule has 6 nitrogen and oxygen atoms in total. The van der Waals surface area contributed by atoms with Crippen LogP contribution in [-0.2, 0) is 4.79 Å². The van der Waals surface area contributed by atoms with Crippen molar-refractivity contribution in [2.24, 2.45) is 5.92 Å². The molecule has 1 aliphatic heterocycles. The predicted octanol–water partition coefficient (Wildman–Crippen LogP) is 2.08. The first-order valence-corrected chi connectivity index (χ1v) is 7.80. The topological polar surface area (TPSA) is 74.0 Å². The summed E-state index contributed by atoms with van der Waals surface area (Å²) in [6, 6.07) is 2.53. The predicted molar refractivity (Wildman–Crippen MR) is 82.9 cm³/mol. The molecule has 1 amide bonds. The van der Waals surface area contributed by atoms with Gasteiger partial charge in [-0.3, -0.25) is 19.4 Å². The standard InChI is InChI=1S/C13H16N2O4S2/c1-8(2)10(12(17)18)14-6-15(13(20)21-7-14)11(16)9-4-3-5-19-9/h3-5,8,10H,6-7H2,1-2H3,(H,17,18)/t10-/m0/s1. The molecule has 0 radical (unpaired) electrons. The van der Waals surface area contributed by atoms with E-state index in [-0.39, 0.29) is 24.3 Å². The van der Waals surface area contributed by atoms with Gasteiger partial charge >= 0.3 is 5.97 Å². The van der Waals surface area contributed by atoms with Crippen molar-refractivity contribution in [3.8, 4) is 0 Å². The summed E-state index contributed by atoms with van der Waals surface area (Å²) >= 11 is 6.48. The summed E-state index contributed by atoms with van der Waals surface area (Å²) < 4.78 is 5.52. The smallest absolute Gasteiger partial charge is 0.321 e. The Balaban J connectivity index is 2.17. The van der Waals surface area contributed by atoms with E-state index in [0.29, 0.717) is 10.2 Å². The third kappa shape index (κ3) is 3.45. The molecule has 21 heavy (non-hydrogen) atoms. The number of thioether (sulfide) groups is 1. The van der Waals surface area contributed by atoms with Gasteiger partial charge in [0, 0.05) is 0 Å². The Kier molecular flexibility index (Phi) is 5.02. The first-order valence-electron chi connectivity index (χ1n) is 6.40. The van der Waals surface area contributed by atoms with Crippen molar-refractivity contribution in [2.75, 3.05) is 12.5 Å². The number of carboxylic acids is 1. The molecular weight excluding hydrogens is 312 g/mol. The van der Waals surface area contributed by atoms with E-state index >= 15 is 0 Å². The third-order valence-corrected chi connectivity index (χ3v) is 4.65. The summed E-state index contributed by atoms with van der Waals surface area (Å²) in [5.74, 6) is -0.680. The quantitative estimate of drug-likeness (QED) is 0.848. The second kappa shape index (κ2) is 6.59. The number of nitrogens with zero attached hydrogens (tertiary/aromatic N) is 2. The van der Waals surface area contributed by atoms with Gasteiger partial charge in [0.1, 0.15) is 10.4 Å². The highest BCUT2D eigenvalue weighted by Gasteiger charge is 2.36. The first-order chi connectivity index (χ1) is 9.91. The van der Waals surface area contributed by atoms with Crippen molar-refractivity contribution < 1.29 is 19.1 Å². The number of amides is 1. The summed E-state index contributed by atoms with van der Waals surface area (Å²) in [4.78, 5) is 26.9. The highest BCUT2D eigenvalue weighted by molar-refractivity contribution is 8.23. The van der Waals surface area contributed by atoms with Crippen LogP contribution >= 0.6 is 24.0 Å². The van der Waals surface area contributed by atoms with Crippen LogP contribution in [0, 0.1) is 5.92 Å². The summed E-state index contributed by atoms with van der Waals surface area (Å²) in [7, 11) is 0. The van der Waals surface area contributed by atoms with E-state index in [0.717, 1.165) is 0 Å². The van der Waals surface area contributed by atoms with Crippen molar-refractivity contribution in [3.63, 3.8) is 0 Å². The molecule has 2 rings (SSSR count). The molecule has 1 saturated heterocycles. The lowest BCUT2D eigenvalue weighted by molar-refractivity contribution is -0.145. The highest BCUT2D eigenvalue weighted by atomic mass is 32.2. The number of carbonyl (C=O) groups excluding carboxylic acids is 1. The van der Waals surface area contributed by atoms with Crippen molar-refractivity contribution in [2.45, 2.75) is 19.9 Å². The fourth-order valence-electron chi connectivity index (χ4n) is 2.21. The van der Waals surface area contributed by atoms with Gasteiger partial charge in [0.15, 0.2) is 5.76 Å². The molecule has 0 unspecified atom stereocenters. The number of hydrogen-bond donors (Lipinski definition) is 1. The highest BCUT2D eigenvalue weighted by Crippen LogP contribution is 2.25. The molecular formula is C13H16N2O4S2. The Bertz CT molecular complexity index is 544. The zero-order valence-corrected chi connectivity index (χ0v) is 13.3. The van der Waals surface area contributed by atoms with Crippen LogP contribution in [0.3, 0.4) is 0 Å². The average Bonchev–Trinajstić information content (AvgIpc) is 2.93. The van der Waals surface area contributed by atoms with Gasteiger partial charge in [-0.25, -0.2) is 0 Å². The van der Waals surface area contributed by atoms with Crippen LogP contribution < -0.4 is 0 Å². The van der Waals surface area contributed by atoms with E-state index in [9.17, 15) is 14.7 Å². The van der Waals surface area contributed by atoms with Gasteiger partial charge < -0.3 is 9.52 Å². The molecule has 1 fully saturated rings. The second-order valence-corrected chi connectivity index (χ2v) is 6.59. The van der Waals surface area contributed by atoms with Crippen LogP contribution in [0.15, 0.2) is 22.8 Å². The van der Waals surface area contributed by atoms with E-state index < -0.39 is 12.0 Å². The van der Waals surface area contributed by atoms with E-state index in [1.807, 2.05) is 13.8 Å². The first kappa shape index (κ1) is 16.0. The van der Waals surface area contributed by atoms with Crippen molar-refractivity contribution in [3.05, 3.63) is 24.2 Å². The van der Waals surface area contributed by atoms with Crippen LogP contribution in [0.25, 0.3) is 0 Å². The van der Waals surface area contributed by atoms with Crippen molar-refractivity contribution in [1.29, 1.82) is 0 Å². The Labute approximate surface area is 132 Å². The van der Waals surface area contributed by atoms with Crippen molar-refractivity contribution in [1.82, 2.24) is 9.80 Å². The minimum absolute atomic E-state index is 0.0738. The molecule has 0 bridgehead atoms. The molecule has 0 spiro atoms. The summed E-state index contributed by atoms with van der Waals surface area (Å²) in [5, 5.41) is 9.36. The fraction of sp³-hybridized carbons (Fsp3) is 0.462. The molecule has 114 valence electrons. The lowest BCUT2D eigenvalue weighted by Crippen LogP contribution is -2.54. The van der Waals surface area contributed by atoms with Crippen LogP contribution in [0.2, 0.25) is 0 Å². The zero-order chi connectivity index (χ0) is 15.6. The maximum absolute atomic E-state index is 12.3. The van der Waals surface area contributed by atoms with Gasteiger partial charge in [-0.1, -0.05) is 37.8 Å². The maximum Gasteiger partial charge on any atom is 0.321 e. The number of rotatable bonds is 4. The Morgan fingerprint density at radius 3 is 2.71 bits per heavy atom. The SMILES string of the molecule is CC(C)[C@@H](C(=O)O)N1CSC(=S)N(C(=O)c2ccco2)C1. The van der Waals surface area contributed by atoms with Crippen LogP contribution in [-0.4, -0.2) is 49.7 Å². The number of carbonyl (C=O) groups is 2. The van der Waals surface area contributed by atoms with Gasteiger partial charge in [0.05, 0.1) is 18.8 Å². The summed E-state index contributed by atoms with van der Waals surface area (Å²) in [6.07, 6.45) is 1.42. The zero-order valence-electron chi connectivity index (χ0n) is 11.7. The van der Waals surface area contributed by atoms with Crippen LogP contribution in [0.5, 0.6) is 0 Å². The number of hydrogen-bond acceptors (Lipinski definition) is 6. The minimum Gasteiger partial charge on any atom is -0.480 e. The Morgan fingerprint density at radius 1 is 1.48 bits per heavy atom. The maximum atomic E-state index is 12.3. The van der Waals surface area contributed by atoms with Crippen LogP contribution in [0.4, 0.5) is 0 Å². The second-order valence-electron chi connectivity index (χ2n) is 5.01. The molecule has 8 heteroatoms. The molecule has 0 saturated carbocycles. The van der Waals surface area contributed by atoms with Crippen molar-refractivity contribution >= 4 is 40.2 Å². The number of aliphatic carboxylic acids is 1. The minimum atomic E-state index is -0.899. The normalized spacial score (nSPS) is 18.0. The molecule has 1 atom stereocenters. The van der Waals surface area contributed by atoms with E-state index in [1.165, 1.54) is 22.9 Å². The molecule has 1 aromatic heterocycles. The Morgan fingerprint density at radius 2 is 2.19 bits per heavy atom. The summed E-state index contributed by atoms with van der Waals surface area (Å²) in [6.45, 7) is 3.84. The lowest BCUT2D eigenvalue weighted by atomic mass is 10.0. The molecule has 1 aromatic rings. The number of carboxylic acid groups (broad SMARTS) is 1. The average molecular weight is 328 g/mol. The number of furan rings is 1. The number of thiocarbonyl (C=S) groups is 1. The van der Waals surface area contributed by atoms with Gasteiger partial charge in [0.25, 0.3) is 5.91 Å². The molecule has 1 N–H and O–H groups in total. The molecule has 0 aromatic carbocycles. The van der Waals surface area contributed by atoms with Gasteiger partial charge in [-0.05, 0) is 18.1 Å². The monoisotopic (exact) mass is 328 g/mol. The molecule has 1 aliphatic rings. The lowest BCUT2D eigenvalue weighted by Gasteiger charge is -2.39. The third-order valence-electron chi connectivity index (χ3n) is 3.15. The molecule has 2 heterocycles. The fourth-order valence-corrected chi connectivity index (χ4v) is 3.32. The summed E-state index contributed by atoms with van der Waals surface area (Å²) in [5.41, 5.74) is 0.